The molecule has 17 heavy (non-hydrogen) atoms. The van der Waals surface area contributed by atoms with E-state index < -0.39 is 5.97 Å². The van der Waals surface area contributed by atoms with Gasteiger partial charge < -0.3 is 10.4 Å². The van der Waals surface area contributed by atoms with Crippen LogP contribution in [0.5, 0.6) is 0 Å². The van der Waals surface area contributed by atoms with Crippen molar-refractivity contribution in [2.45, 2.75) is 77.3 Å². The van der Waals surface area contributed by atoms with E-state index in [0.29, 0.717) is 6.04 Å². The van der Waals surface area contributed by atoms with Gasteiger partial charge in [-0.3, -0.25) is 4.79 Å². The molecule has 0 aromatic rings. The van der Waals surface area contributed by atoms with E-state index in [2.05, 4.69) is 19.2 Å². The molecular formula is C14H27NO2. The maximum absolute atomic E-state index is 11.4. The third-order valence-electron chi connectivity index (χ3n) is 4.06. The number of carboxylic acids is 1. The minimum atomic E-state index is -0.678. The molecule has 1 aliphatic carbocycles. The fourth-order valence-corrected chi connectivity index (χ4v) is 2.87. The van der Waals surface area contributed by atoms with E-state index in [0.717, 1.165) is 25.7 Å². The molecule has 3 heteroatoms. The summed E-state index contributed by atoms with van der Waals surface area (Å²) in [5.41, 5.74) is 0. The first-order chi connectivity index (χ1) is 8.19. The molecule has 0 aromatic carbocycles. The van der Waals surface area contributed by atoms with Crippen molar-refractivity contribution in [3.05, 3.63) is 0 Å². The maximum atomic E-state index is 11.4. The van der Waals surface area contributed by atoms with Gasteiger partial charge in [0, 0.05) is 6.04 Å². The van der Waals surface area contributed by atoms with Gasteiger partial charge in [-0.25, -0.2) is 0 Å². The molecule has 1 fully saturated rings. The second-order valence-corrected chi connectivity index (χ2v) is 5.25. The van der Waals surface area contributed by atoms with E-state index in [-0.39, 0.29) is 12.0 Å². The quantitative estimate of drug-likeness (QED) is 0.702. The van der Waals surface area contributed by atoms with E-state index in [9.17, 15) is 9.90 Å². The number of carboxylic acid groups (broad SMARTS) is 1. The lowest BCUT2D eigenvalue weighted by molar-refractivity contribution is -0.141. The van der Waals surface area contributed by atoms with Crippen LogP contribution in [-0.4, -0.2) is 23.2 Å². The average Bonchev–Trinajstić information content (AvgIpc) is 2.57. The molecule has 0 saturated heterocycles. The fourth-order valence-electron chi connectivity index (χ4n) is 2.87. The van der Waals surface area contributed by atoms with Gasteiger partial charge in [-0.15, -0.1) is 0 Å². The SMILES string of the molecule is CCC(CC)C(NC1CCCCCC1)C(=O)O. The number of carbonyl (C=O) groups is 1. The number of hydrogen-bond donors (Lipinski definition) is 2. The van der Waals surface area contributed by atoms with E-state index in [1.807, 2.05) is 0 Å². The van der Waals surface area contributed by atoms with Crippen LogP contribution < -0.4 is 5.32 Å². The molecule has 1 aliphatic rings. The highest BCUT2D eigenvalue weighted by Gasteiger charge is 2.28. The summed E-state index contributed by atoms with van der Waals surface area (Å²) in [6, 6.07) is 0.0623. The highest BCUT2D eigenvalue weighted by molar-refractivity contribution is 5.73. The van der Waals surface area contributed by atoms with Crippen LogP contribution in [0, 0.1) is 5.92 Å². The van der Waals surface area contributed by atoms with Crippen molar-refractivity contribution in [2.75, 3.05) is 0 Å². The lowest BCUT2D eigenvalue weighted by Crippen LogP contribution is -2.47. The Kier molecular flexibility index (Phi) is 6.56. The first-order valence-electron chi connectivity index (χ1n) is 7.17. The molecule has 0 aromatic heterocycles. The molecule has 100 valence electrons. The van der Waals surface area contributed by atoms with Crippen molar-refractivity contribution in [1.29, 1.82) is 0 Å². The number of hydrogen-bond acceptors (Lipinski definition) is 2. The number of aliphatic carboxylic acids is 1. The predicted octanol–water partition coefficient (Wildman–Crippen LogP) is 3.19. The topological polar surface area (TPSA) is 49.3 Å². The zero-order chi connectivity index (χ0) is 12.7. The summed E-state index contributed by atoms with van der Waals surface area (Å²) in [7, 11) is 0. The minimum Gasteiger partial charge on any atom is -0.480 e. The lowest BCUT2D eigenvalue weighted by Gasteiger charge is -2.27. The Hall–Kier alpha value is -0.570. The number of nitrogens with one attached hydrogen (secondary N) is 1. The molecule has 1 rings (SSSR count). The van der Waals surface area contributed by atoms with Gasteiger partial charge in [0.15, 0.2) is 0 Å². The van der Waals surface area contributed by atoms with E-state index in [4.69, 9.17) is 0 Å². The molecule has 0 spiro atoms. The van der Waals surface area contributed by atoms with Crippen LogP contribution >= 0.6 is 0 Å². The van der Waals surface area contributed by atoms with Crippen molar-refractivity contribution in [3.63, 3.8) is 0 Å². The van der Waals surface area contributed by atoms with Crippen LogP contribution in [0.1, 0.15) is 65.2 Å². The summed E-state index contributed by atoms with van der Waals surface area (Å²) >= 11 is 0. The summed E-state index contributed by atoms with van der Waals surface area (Å²) in [4.78, 5) is 11.4. The smallest absolute Gasteiger partial charge is 0.320 e. The maximum Gasteiger partial charge on any atom is 0.320 e. The van der Waals surface area contributed by atoms with Crippen LogP contribution in [0.3, 0.4) is 0 Å². The monoisotopic (exact) mass is 241 g/mol. The zero-order valence-electron chi connectivity index (χ0n) is 11.2. The standard InChI is InChI=1S/C14H27NO2/c1-3-11(4-2)13(14(16)17)15-12-9-7-5-6-8-10-12/h11-13,15H,3-10H2,1-2H3,(H,16,17). The van der Waals surface area contributed by atoms with Crippen LogP contribution in [0.2, 0.25) is 0 Å². The Labute approximate surface area is 105 Å². The Morgan fingerprint density at radius 3 is 2.12 bits per heavy atom. The molecule has 0 aliphatic heterocycles. The first-order valence-corrected chi connectivity index (χ1v) is 7.17. The van der Waals surface area contributed by atoms with Crippen LogP contribution in [0.15, 0.2) is 0 Å². The molecule has 3 nitrogen and oxygen atoms in total. The summed E-state index contributed by atoms with van der Waals surface area (Å²) in [5.74, 6) is -0.418. The highest BCUT2D eigenvalue weighted by atomic mass is 16.4. The van der Waals surface area contributed by atoms with Gasteiger partial charge in [0.1, 0.15) is 6.04 Å². The van der Waals surface area contributed by atoms with E-state index >= 15 is 0 Å². The molecule has 2 N–H and O–H groups in total. The summed E-state index contributed by atoms with van der Waals surface area (Å²) in [6.45, 7) is 4.16. The largest absolute Gasteiger partial charge is 0.480 e. The molecule has 0 heterocycles. The van der Waals surface area contributed by atoms with E-state index in [1.54, 1.807) is 0 Å². The van der Waals surface area contributed by atoms with Crippen LogP contribution in [0.25, 0.3) is 0 Å². The molecule has 1 saturated carbocycles. The Morgan fingerprint density at radius 1 is 1.18 bits per heavy atom. The normalized spacial score (nSPS) is 20.2. The highest BCUT2D eigenvalue weighted by Crippen LogP contribution is 2.20. The predicted molar refractivity (Wildman–Crippen MR) is 70.1 cm³/mol. The third kappa shape index (κ3) is 4.66. The van der Waals surface area contributed by atoms with Gasteiger partial charge in [0.05, 0.1) is 0 Å². The van der Waals surface area contributed by atoms with Crippen molar-refractivity contribution in [3.8, 4) is 0 Å². The van der Waals surface area contributed by atoms with Crippen LogP contribution in [-0.2, 0) is 4.79 Å². The van der Waals surface area contributed by atoms with Crippen molar-refractivity contribution < 1.29 is 9.90 Å². The Bertz CT molecular complexity index is 218. The number of rotatable bonds is 6. The molecule has 1 unspecified atom stereocenters. The Balaban J connectivity index is 2.55. The van der Waals surface area contributed by atoms with Crippen molar-refractivity contribution in [2.24, 2.45) is 5.92 Å². The van der Waals surface area contributed by atoms with Crippen LogP contribution in [0.4, 0.5) is 0 Å². The molecule has 1 atom stereocenters. The average molecular weight is 241 g/mol. The minimum absolute atomic E-state index is 0.260. The van der Waals surface area contributed by atoms with E-state index in [1.165, 1.54) is 25.7 Å². The second-order valence-electron chi connectivity index (χ2n) is 5.25. The zero-order valence-corrected chi connectivity index (χ0v) is 11.2. The summed E-state index contributed by atoms with van der Waals surface area (Å²) in [6.07, 6.45) is 9.26. The van der Waals surface area contributed by atoms with Gasteiger partial charge >= 0.3 is 5.97 Å². The Morgan fingerprint density at radius 2 is 1.71 bits per heavy atom. The second kappa shape index (κ2) is 7.70. The first kappa shape index (κ1) is 14.5. The lowest BCUT2D eigenvalue weighted by atomic mass is 9.92. The summed E-state index contributed by atoms with van der Waals surface area (Å²) in [5, 5.41) is 12.7. The molecule has 0 bridgehead atoms. The van der Waals surface area contributed by atoms with Crippen molar-refractivity contribution >= 4 is 5.97 Å². The molecular weight excluding hydrogens is 214 g/mol. The van der Waals surface area contributed by atoms with Gasteiger partial charge in [-0.2, -0.15) is 0 Å². The molecule has 0 amide bonds. The molecule has 0 radical (unpaired) electrons. The van der Waals surface area contributed by atoms with Gasteiger partial charge in [0.25, 0.3) is 0 Å². The van der Waals surface area contributed by atoms with Gasteiger partial charge in [0.2, 0.25) is 0 Å². The van der Waals surface area contributed by atoms with Gasteiger partial charge in [-0.05, 0) is 18.8 Å². The van der Waals surface area contributed by atoms with Crippen molar-refractivity contribution in [1.82, 2.24) is 5.32 Å². The third-order valence-corrected chi connectivity index (χ3v) is 4.06. The fraction of sp³-hybridized carbons (Fsp3) is 0.929. The summed E-state index contributed by atoms with van der Waals surface area (Å²) < 4.78 is 0. The van der Waals surface area contributed by atoms with Gasteiger partial charge in [-0.1, -0.05) is 52.4 Å².